The van der Waals surface area contributed by atoms with Crippen LogP contribution < -0.4 is 9.47 Å². The topological polar surface area (TPSA) is 43.5 Å². The van der Waals surface area contributed by atoms with Crippen molar-refractivity contribution in [1.82, 2.24) is 0 Å². The normalized spacial score (nSPS) is 25.9. The lowest BCUT2D eigenvalue weighted by atomic mass is 9.72. The van der Waals surface area contributed by atoms with Crippen LogP contribution in [0.15, 0.2) is 72.8 Å². The maximum atomic E-state index is 6.63. The zero-order valence-electron chi connectivity index (χ0n) is 22.3. The molecule has 0 saturated carbocycles. The van der Waals surface area contributed by atoms with Crippen molar-refractivity contribution in [3.63, 3.8) is 0 Å². The highest BCUT2D eigenvalue weighted by Crippen LogP contribution is 2.42. The second-order valence-corrected chi connectivity index (χ2v) is 12.4. The van der Waals surface area contributed by atoms with Crippen LogP contribution in [-0.4, -0.2) is 38.1 Å². The summed E-state index contributed by atoms with van der Waals surface area (Å²) < 4.78 is 23.3. The third kappa shape index (κ3) is 6.60. The van der Waals surface area contributed by atoms with E-state index >= 15 is 0 Å². The lowest BCUT2D eigenvalue weighted by Crippen LogP contribution is -2.41. The van der Waals surface area contributed by atoms with Gasteiger partial charge >= 0.3 is 0 Å². The average molecular weight is 489 g/mol. The van der Waals surface area contributed by atoms with E-state index < -0.39 is 0 Å². The summed E-state index contributed by atoms with van der Waals surface area (Å²) in [6.07, 6.45) is 10.7. The van der Waals surface area contributed by atoms with Crippen LogP contribution in [0.5, 0.6) is 11.5 Å². The van der Waals surface area contributed by atoms with E-state index in [1.54, 1.807) is 0 Å². The van der Waals surface area contributed by atoms with Gasteiger partial charge in [0.1, 0.15) is 36.4 Å². The van der Waals surface area contributed by atoms with Crippen molar-refractivity contribution < 1.29 is 18.9 Å². The van der Waals surface area contributed by atoms with Gasteiger partial charge in [-0.2, -0.15) is 0 Å². The Labute approximate surface area is 216 Å². The van der Waals surface area contributed by atoms with Crippen molar-refractivity contribution >= 4 is 0 Å². The molecule has 0 aromatic heterocycles. The van der Waals surface area contributed by atoms with Crippen LogP contribution in [0.2, 0.25) is 0 Å². The highest BCUT2D eigenvalue weighted by molar-refractivity contribution is 5.42. The zero-order valence-corrected chi connectivity index (χ0v) is 22.3. The number of allylic oxidation sites excluding steroid dienone is 4. The van der Waals surface area contributed by atoms with Gasteiger partial charge in [0.2, 0.25) is 0 Å². The molecule has 2 fully saturated rings. The highest BCUT2D eigenvalue weighted by Gasteiger charge is 2.46. The molecule has 3 atom stereocenters. The summed E-state index contributed by atoms with van der Waals surface area (Å²) in [6, 6.07) is 17.0. The monoisotopic (exact) mass is 488 g/mol. The van der Waals surface area contributed by atoms with Crippen LogP contribution >= 0.6 is 0 Å². The van der Waals surface area contributed by atoms with E-state index in [9.17, 15) is 0 Å². The quantitative estimate of drug-likeness (QED) is 0.265. The molecule has 0 bridgehead atoms. The van der Waals surface area contributed by atoms with E-state index in [1.807, 2.05) is 12.1 Å². The first kappa shape index (κ1) is 25.1. The van der Waals surface area contributed by atoms with Gasteiger partial charge in [0.15, 0.2) is 0 Å². The Hall–Kier alpha value is -2.56. The number of ether oxygens (including phenoxy) is 4. The number of epoxide rings is 2. The molecule has 0 amide bonds. The first-order chi connectivity index (χ1) is 17.2. The van der Waals surface area contributed by atoms with Crippen molar-refractivity contribution in [2.45, 2.75) is 71.2 Å². The van der Waals surface area contributed by atoms with Gasteiger partial charge in [0, 0.05) is 17.3 Å². The fourth-order valence-corrected chi connectivity index (χ4v) is 5.57. The summed E-state index contributed by atoms with van der Waals surface area (Å²) in [5, 5.41) is 0. The van der Waals surface area contributed by atoms with E-state index in [2.05, 4.69) is 95.3 Å². The summed E-state index contributed by atoms with van der Waals surface area (Å²) in [6.45, 7) is 13.7. The van der Waals surface area contributed by atoms with Crippen LogP contribution in [-0.2, 0) is 9.47 Å². The van der Waals surface area contributed by atoms with Gasteiger partial charge in [0.25, 0.3) is 0 Å². The molecule has 5 rings (SSSR count). The first-order valence-corrected chi connectivity index (χ1v) is 13.3. The molecule has 36 heavy (non-hydrogen) atoms. The maximum Gasteiger partial charge on any atom is 0.132 e. The molecule has 1 aliphatic carbocycles. The van der Waals surface area contributed by atoms with Gasteiger partial charge < -0.3 is 18.9 Å². The van der Waals surface area contributed by atoms with Crippen LogP contribution in [0.25, 0.3) is 0 Å². The number of rotatable bonds is 10. The molecule has 0 spiro atoms. The van der Waals surface area contributed by atoms with E-state index in [4.69, 9.17) is 18.9 Å². The molecule has 2 saturated heterocycles. The molecule has 0 N–H and O–H groups in total. The van der Waals surface area contributed by atoms with Crippen molar-refractivity contribution in [2.75, 3.05) is 19.8 Å². The Balaban J connectivity index is 1.22. The SMILES string of the molecule is CC(C)(C)CC(C)(C)C(Oc1cccc(C2C=CC(c3ccc(OCC4CO4)cc3)C=C2)c1)C1CO1. The Bertz CT molecular complexity index is 1070. The van der Waals surface area contributed by atoms with Gasteiger partial charge in [-0.05, 0) is 47.2 Å². The lowest BCUT2D eigenvalue weighted by Gasteiger charge is -2.38. The third-order valence-corrected chi connectivity index (χ3v) is 7.11. The fourth-order valence-electron chi connectivity index (χ4n) is 5.57. The molecule has 4 heteroatoms. The molecule has 192 valence electrons. The maximum absolute atomic E-state index is 6.63. The van der Waals surface area contributed by atoms with Crippen LogP contribution in [0.4, 0.5) is 0 Å². The predicted molar refractivity (Wildman–Crippen MR) is 144 cm³/mol. The molecule has 2 heterocycles. The van der Waals surface area contributed by atoms with Crippen molar-refractivity contribution in [1.29, 1.82) is 0 Å². The highest BCUT2D eigenvalue weighted by atomic mass is 16.6. The van der Waals surface area contributed by atoms with E-state index in [0.29, 0.717) is 6.61 Å². The Morgan fingerprint density at radius 1 is 0.806 bits per heavy atom. The van der Waals surface area contributed by atoms with Gasteiger partial charge in [-0.3, -0.25) is 0 Å². The van der Waals surface area contributed by atoms with Crippen LogP contribution in [0.3, 0.4) is 0 Å². The second kappa shape index (κ2) is 10.1. The summed E-state index contributed by atoms with van der Waals surface area (Å²) in [4.78, 5) is 0. The summed E-state index contributed by atoms with van der Waals surface area (Å²) >= 11 is 0. The van der Waals surface area contributed by atoms with Crippen molar-refractivity contribution in [3.05, 3.63) is 84.0 Å². The van der Waals surface area contributed by atoms with Crippen molar-refractivity contribution in [2.24, 2.45) is 10.8 Å². The van der Waals surface area contributed by atoms with Gasteiger partial charge in [-0.1, -0.05) is 83.2 Å². The molecule has 2 aromatic carbocycles. The van der Waals surface area contributed by atoms with E-state index in [0.717, 1.165) is 31.1 Å². The smallest absolute Gasteiger partial charge is 0.132 e. The second-order valence-electron chi connectivity index (χ2n) is 12.4. The van der Waals surface area contributed by atoms with Gasteiger partial charge in [-0.15, -0.1) is 0 Å². The van der Waals surface area contributed by atoms with E-state index in [1.165, 1.54) is 11.1 Å². The van der Waals surface area contributed by atoms with Gasteiger partial charge in [-0.25, -0.2) is 0 Å². The number of hydrogen-bond donors (Lipinski definition) is 0. The molecular weight excluding hydrogens is 448 g/mol. The fraction of sp³-hybridized carbons (Fsp3) is 0.500. The molecule has 4 nitrogen and oxygen atoms in total. The molecule has 2 aromatic rings. The molecular formula is C32H40O4. The minimum atomic E-state index is 0.0134. The van der Waals surface area contributed by atoms with Crippen molar-refractivity contribution in [3.8, 4) is 11.5 Å². The Morgan fingerprint density at radius 3 is 2.03 bits per heavy atom. The predicted octanol–water partition coefficient (Wildman–Crippen LogP) is 7.07. The average Bonchev–Trinajstić information content (AvgIpc) is 3.75. The summed E-state index contributed by atoms with van der Waals surface area (Å²) in [7, 11) is 0. The molecule has 2 aliphatic heterocycles. The minimum absolute atomic E-state index is 0.0134. The van der Waals surface area contributed by atoms with Crippen LogP contribution in [0, 0.1) is 10.8 Å². The Morgan fingerprint density at radius 2 is 1.44 bits per heavy atom. The molecule has 3 unspecified atom stereocenters. The van der Waals surface area contributed by atoms with Gasteiger partial charge in [0.05, 0.1) is 13.2 Å². The standard InChI is InChI=1S/C32H40O4/c1-31(2,3)21-32(4,5)30(29-20-35-29)36-27-8-6-7-25(17-27)24-11-9-22(10-12-24)23-13-15-26(16-14-23)33-18-28-19-34-28/h6-17,22,24,28-30H,18-21H2,1-5H3. The van der Waals surface area contributed by atoms with Crippen LogP contribution in [0.1, 0.15) is 64.0 Å². The summed E-state index contributed by atoms with van der Waals surface area (Å²) in [5.41, 5.74) is 2.75. The third-order valence-electron chi connectivity index (χ3n) is 7.11. The summed E-state index contributed by atoms with van der Waals surface area (Å²) in [5.74, 6) is 2.33. The number of hydrogen-bond acceptors (Lipinski definition) is 4. The largest absolute Gasteiger partial charge is 0.491 e. The molecule has 0 radical (unpaired) electrons. The Kier molecular flexibility index (Phi) is 7.02. The molecule has 3 aliphatic rings. The zero-order chi connectivity index (χ0) is 25.3. The minimum Gasteiger partial charge on any atom is -0.491 e. The lowest BCUT2D eigenvalue weighted by molar-refractivity contribution is 0.0205. The first-order valence-electron chi connectivity index (χ1n) is 13.3. The van der Waals surface area contributed by atoms with E-state index in [-0.39, 0.29) is 41.0 Å². The number of benzene rings is 2.